The highest BCUT2D eigenvalue weighted by Gasteiger charge is 2.32. The molecular formula is C16H30N4O5. The lowest BCUT2D eigenvalue weighted by molar-refractivity contribution is -0.119. The number of carbonyl (C=O) groups excluding carboxylic acids is 1. The van der Waals surface area contributed by atoms with Crippen LogP contribution in [0.2, 0.25) is 0 Å². The van der Waals surface area contributed by atoms with Crippen molar-refractivity contribution in [3.63, 3.8) is 0 Å². The van der Waals surface area contributed by atoms with Crippen molar-refractivity contribution in [3.8, 4) is 0 Å². The molecule has 4 N–H and O–H groups in total. The highest BCUT2D eigenvalue weighted by Crippen LogP contribution is 2.12. The first-order chi connectivity index (χ1) is 11.8. The van der Waals surface area contributed by atoms with Gasteiger partial charge in [-0.3, -0.25) is 4.68 Å². The Bertz CT molecular complexity index is 510. The zero-order valence-corrected chi connectivity index (χ0v) is 15.1. The van der Waals surface area contributed by atoms with Gasteiger partial charge in [-0.25, -0.2) is 0 Å². The summed E-state index contributed by atoms with van der Waals surface area (Å²) < 4.78 is 1.65. The molecule has 144 valence electrons. The van der Waals surface area contributed by atoms with Gasteiger partial charge in [0.2, 0.25) is 0 Å². The molecule has 9 nitrogen and oxygen atoms in total. The SMILES string of the molecule is CC(C)[C@@H](O)[C@@H](O)[C@H](O)C(O)CN(C)CCn1cc(CCC=O)nn1. The number of aromatic nitrogens is 3. The number of aliphatic hydroxyl groups is 4. The van der Waals surface area contributed by atoms with E-state index >= 15 is 0 Å². The van der Waals surface area contributed by atoms with Gasteiger partial charge in [-0.1, -0.05) is 19.1 Å². The molecule has 0 aliphatic rings. The van der Waals surface area contributed by atoms with Crippen molar-refractivity contribution >= 4 is 6.29 Å². The molecule has 0 radical (unpaired) electrons. The van der Waals surface area contributed by atoms with Crippen LogP contribution in [0.5, 0.6) is 0 Å². The Balaban J connectivity index is 2.41. The molecule has 1 heterocycles. The molecule has 0 aromatic carbocycles. The molecule has 0 bridgehead atoms. The minimum Gasteiger partial charge on any atom is -0.390 e. The Labute approximate surface area is 147 Å². The average molecular weight is 358 g/mol. The summed E-state index contributed by atoms with van der Waals surface area (Å²) in [6.07, 6.45) is -1.55. The number of aliphatic hydroxyl groups excluding tert-OH is 4. The maximum atomic E-state index is 10.3. The van der Waals surface area contributed by atoms with Crippen LogP contribution in [-0.2, 0) is 17.8 Å². The van der Waals surface area contributed by atoms with Gasteiger partial charge in [-0.2, -0.15) is 0 Å². The van der Waals surface area contributed by atoms with Gasteiger partial charge < -0.3 is 30.1 Å². The van der Waals surface area contributed by atoms with Crippen molar-refractivity contribution in [1.82, 2.24) is 19.9 Å². The highest BCUT2D eigenvalue weighted by molar-refractivity contribution is 5.49. The summed E-state index contributed by atoms with van der Waals surface area (Å²) in [5, 5.41) is 47.7. The minimum absolute atomic E-state index is 0.135. The van der Waals surface area contributed by atoms with E-state index in [0.717, 1.165) is 12.0 Å². The lowest BCUT2D eigenvalue weighted by atomic mass is 9.95. The van der Waals surface area contributed by atoms with Gasteiger partial charge in [0.05, 0.1) is 24.4 Å². The van der Waals surface area contributed by atoms with Crippen LogP contribution in [0.3, 0.4) is 0 Å². The van der Waals surface area contributed by atoms with Gasteiger partial charge in [-0.15, -0.1) is 5.10 Å². The number of rotatable bonds is 12. The first kappa shape index (κ1) is 21.7. The first-order valence-corrected chi connectivity index (χ1v) is 8.49. The zero-order chi connectivity index (χ0) is 19.0. The van der Waals surface area contributed by atoms with E-state index in [4.69, 9.17) is 0 Å². The molecule has 0 aliphatic heterocycles. The van der Waals surface area contributed by atoms with E-state index in [0.29, 0.717) is 25.9 Å². The minimum atomic E-state index is -1.43. The molecule has 9 heteroatoms. The van der Waals surface area contributed by atoms with E-state index in [1.54, 1.807) is 36.7 Å². The number of aldehydes is 1. The van der Waals surface area contributed by atoms with Crippen LogP contribution >= 0.6 is 0 Å². The Kier molecular flexibility index (Phi) is 9.15. The summed E-state index contributed by atoms with van der Waals surface area (Å²) >= 11 is 0. The third kappa shape index (κ3) is 7.17. The number of nitrogens with zero attached hydrogens (tertiary/aromatic N) is 4. The molecule has 25 heavy (non-hydrogen) atoms. The van der Waals surface area contributed by atoms with Crippen LogP contribution in [-0.4, -0.2) is 91.2 Å². The van der Waals surface area contributed by atoms with Crippen molar-refractivity contribution in [2.24, 2.45) is 5.92 Å². The normalized spacial score (nSPS) is 16.8. The largest absolute Gasteiger partial charge is 0.390 e. The molecule has 1 aromatic heterocycles. The summed E-state index contributed by atoms with van der Waals surface area (Å²) in [7, 11) is 1.77. The second kappa shape index (κ2) is 10.6. The number of carbonyl (C=O) groups is 1. The van der Waals surface area contributed by atoms with Crippen LogP contribution in [0, 0.1) is 5.92 Å². The Morgan fingerprint density at radius 1 is 1.20 bits per heavy atom. The molecule has 0 fully saturated rings. The standard InChI is InChI=1S/C16H30N4O5/c1-11(2)14(23)16(25)15(24)13(22)10-19(3)6-7-20-9-12(17-18-20)5-4-8-21/h8-9,11,13-16,22-25H,4-7,10H2,1-3H3/t13?,14-,15-,16-/m1/s1. The van der Waals surface area contributed by atoms with Gasteiger partial charge in [0.1, 0.15) is 18.5 Å². The molecule has 0 spiro atoms. The van der Waals surface area contributed by atoms with Crippen LogP contribution in [0.15, 0.2) is 6.20 Å². The number of likely N-dealkylation sites (N-methyl/N-ethyl adjacent to an activating group) is 1. The zero-order valence-electron chi connectivity index (χ0n) is 15.1. The molecule has 0 amide bonds. The fraction of sp³-hybridized carbons (Fsp3) is 0.812. The topological polar surface area (TPSA) is 132 Å². The van der Waals surface area contributed by atoms with Gasteiger partial charge in [0.25, 0.3) is 0 Å². The van der Waals surface area contributed by atoms with E-state index in [2.05, 4.69) is 10.3 Å². The predicted octanol–water partition coefficient (Wildman–Crippen LogP) is -1.56. The molecule has 0 aliphatic carbocycles. The van der Waals surface area contributed by atoms with E-state index in [1.807, 2.05) is 0 Å². The molecule has 0 saturated carbocycles. The second-order valence-corrected chi connectivity index (χ2v) is 6.72. The van der Waals surface area contributed by atoms with Crippen LogP contribution < -0.4 is 0 Å². The Morgan fingerprint density at radius 2 is 1.88 bits per heavy atom. The summed E-state index contributed by atoms with van der Waals surface area (Å²) in [6, 6.07) is 0. The predicted molar refractivity (Wildman–Crippen MR) is 90.8 cm³/mol. The second-order valence-electron chi connectivity index (χ2n) is 6.72. The van der Waals surface area contributed by atoms with E-state index in [9.17, 15) is 25.2 Å². The number of hydrogen-bond acceptors (Lipinski definition) is 8. The molecule has 4 atom stereocenters. The number of hydrogen-bond donors (Lipinski definition) is 4. The summed E-state index contributed by atoms with van der Waals surface area (Å²) in [5.41, 5.74) is 0.746. The third-order valence-corrected chi connectivity index (χ3v) is 4.09. The maximum Gasteiger partial charge on any atom is 0.120 e. The van der Waals surface area contributed by atoms with E-state index in [1.165, 1.54) is 0 Å². The van der Waals surface area contributed by atoms with Crippen molar-refractivity contribution in [3.05, 3.63) is 11.9 Å². The molecule has 0 saturated heterocycles. The summed E-state index contributed by atoms with van der Waals surface area (Å²) in [6.45, 7) is 4.66. The van der Waals surface area contributed by atoms with Gasteiger partial charge in [0, 0.05) is 25.7 Å². The van der Waals surface area contributed by atoms with E-state index < -0.39 is 24.4 Å². The van der Waals surface area contributed by atoms with Crippen LogP contribution in [0.1, 0.15) is 26.0 Å². The Morgan fingerprint density at radius 3 is 2.48 bits per heavy atom. The number of aryl methyl sites for hydroxylation is 1. The molecular weight excluding hydrogens is 328 g/mol. The van der Waals surface area contributed by atoms with Crippen molar-refractivity contribution in [2.75, 3.05) is 20.1 Å². The molecule has 1 aromatic rings. The summed E-state index contributed by atoms with van der Waals surface area (Å²) in [5.74, 6) is -0.227. The Hall–Kier alpha value is -1.39. The first-order valence-electron chi connectivity index (χ1n) is 8.49. The lowest BCUT2D eigenvalue weighted by Gasteiger charge is -2.30. The monoisotopic (exact) mass is 358 g/mol. The van der Waals surface area contributed by atoms with Crippen molar-refractivity contribution < 1.29 is 25.2 Å². The molecule has 1 unspecified atom stereocenters. The summed E-state index contributed by atoms with van der Waals surface area (Å²) in [4.78, 5) is 12.1. The van der Waals surface area contributed by atoms with Gasteiger partial charge in [-0.05, 0) is 19.4 Å². The lowest BCUT2D eigenvalue weighted by Crippen LogP contribution is -2.49. The highest BCUT2D eigenvalue weighted by atomic mass is 16.4. The van der Waals surface area contributed by atoms with Crippen molar-refractivity contribution in [1.29, 1.82) is 0 Å². The third-order valence-electron chi connectivity index (χ3n) is 4.09. The van der Waals surface area contributed by atoms with Crippen LogP contribution in [0.25, 0.3) is 0 Å². The van der Waals surface area contributed by atoms with Gasteiger partial charge in [0.15, 0.2) is 0 Å². The van der Waals surface area contributed by atoms with Crippen LogP contribution in [0.4, 0.5) is 0 Å². The fourth-order valence-corrected chi connectivity index (χ4v) is 2.38. The fourth-order valence-electron chi connectivity index (χ4n) is 2.38. The average Bonchev–Trinajstić information content (AvgIpc) is 3.03. The molecule has 1 rings (SSSR count). The maximum absolute atomic E-state index is 10.3. The quantitative estimate of drug-likeness (QED) is 0.330. The van der Waals surface area contributed by atoms with E-state index in [-0.39, 0.29) is 12.5 Å². The van der Waals surface area contributed by atoms with Gasteiger partial charge >= 0.3 is 0 Å². The smallest absolute Gasteiger partial charge is 0.120 e. The van der Waals surface area contributed by atoms with Crippen molar-refractivity contribution in [2.45, 2.75) is 57.6 Å².